The number of pyridine rings is 1. The largest absolute Gasteiger partial charge is 0.362 e. The van der Waals surface area contributed by atoms with Gasteiger partial charge in [0, 0.05) is 37.3 Å². The summed E-state index contributed by atoms with van der Waals surface area (Å²) in [6.07, 6.45) is 1.81. The van der Waals surface area contributed by atoms with E-state index in [4.69, 9.17) is 4.99 Å². The molecule has 0 radical (unpaired) electrons. The number of anilines is 1. The van der Waals surface area contributed by atoms with Crippen LogP contribution < -0.4 is 15.5 Å². The van der Waals surface area contributed by atoms with Crippen LogP contribution in [0.1, 0.15) is 28.1 Å². The summed E-state index contributed by atoms with van der Waals surface area (Å²) in [5, 5.41) is 7.77. The molecule has 0 saturated carbocycles. The molecule has 6 nitrogen and oxygen atoms in total. The number of aliphatic imine (C=N–C) groups is 1. The van der Waals surface area contributed by atoms with Crippen LogP contribution in [0.3, 0.4) is 0 Å². The van der Waals surface area contributed by atoms with E-state index >= 15 is 0 Å². The van der Waals surface area contributed by atoms with Gasteiger partial charge in [0.2, 0.25) is 0 Å². The number of guanidine groups is 1. The fourth-order valence-electron chi connectivity index (χ4n) is 2.36. The van der Waals surface area contributed by atoms with Gasteiger partial charge < -0.3 is 15.5 Å². The van der Waals surface area contributed by atoms with Crippen LogP contribution in [-0.2, 0) is 13.1 Å². The van der Waals surface area contributed by atoms with Crippen LogP contribution in [0.25, 0.3) is 0 Å². The van der Waals surface area contributed by atoms with E-state index in [2.05, 4.69) is 33.6 Å². The standard InChI is InChI=1S/C17H26N6S.HI/c1-6-18-17(21-11-15-12(2)22-13(3)24-15)20-10-14-8-7-9-19-16(14)23(4)5;/h7-9H,6,10-11H2,1-5H3,(H2,18,20,21);1H. The third-order valence-corrected chi connectivity index (χ3v) is 4.53. The van der Waals surface area contributed by atoms with E-state index in [-0.39, 0.29) is 24.0 Å². The van der Waals surface area contributed by atoms with Crippen molar-refractivity contribution in [3.05, 3.63) is 39.5 Å². The van der Waals surface area contributed by atoms with Crippen LogP contribution in [0.4, 0.5) is 5.82 Å². The van der Waals surface area contributed by atoms with E-state index in [1.165, 1.54) is 4.88 Å². The smallest absolute Gasteiger partial charge is 0.191 e. The lowest BCUT2D eigenvalue weighted by Crippen LogP contribution is -2.36. The maximum absolute atomic E-state index is 4.69. The molecule has 0 aromatic carbocycles. The highest BCUT2D eigenvalue weighted by Gasteiger charge is 2.07. The number of thiazole rings is 1. The van der Waals surface area contributed by atoms with Gasteiger partial charge in [-0.15, -0.1) is 35.3 Å². The van der Waals surface area contributed by atoms with E-state index in [9.17, 15) is 0 Å². The first-order chi connectivity index (χ1) is 11.5. The van der Waals surface area contributed by atoms with Crippen molar-refractivity contribution in [1.29, 1.82) is 0 Å². The second kappa shape index (κ2) is 10.5. The maximum atomic E-state index is 4.69. The highest BCUT2D eigenvalue weighted by atomic mass is 127. The van der Waals surface area contributed by atoms with Gasteiger partial charge in [0.15, 0.2) is 5.96 Å². The summed E-state index contributed by atoms with van der Waals surface area (Å²) in [6.45, 7) is 8.28. The molecule has 2 aromatic rings. The fraction of sp³-hybridized carbons (Fsp3) is 0.471. The Hall–Kier alpha value is -1.42. The molecule has 138 valence electrons. The lowest BCUT2D eigenvalue weighted by Gasteiger charge is -2.15. The Balaban J connectivity index is 0.00000312. The summed E-state index contributed by atoms with van der Waals surface area (Å²) in [5.74, 6) is 1.75. The minimum Gasteiger partial charge on any atom is -0.362 e. The zero-order valence-corrected chi connectivity index (χ0v) is 18.6. The molecule has 0 amide bonds. The Bertz CT molecular complexity index is 698. The first-order valence-corrected chi connectivity index (χ1v) is 8.89. The molecular formula is C17H27IN6S. The molecule has 2 rings (SSSR count). The Labute approximate surface area is 171 Å². The average Bonchev–Trinajstić information content (AvgIpc) is 2.88. The normalized spacial score (nSPS) is 11.0. The molecule has 0 fully saturated rings. The number of hydrogen-bond acceptors (Lipinski definition) is 5. The van der Waals surface area contributed by atoms with Crippen LogP contribution in [0.2, 0.25) is 0 Å². The molecule has 8 heteroatoms. The summed E-state index contributed by atoms with van der Waals surface area (Å²) in [5.41, 5.74) is 2.19. The molecule has 2 heterocycles. The van der Waals surface area contributed by atoms with Crippen molar-refractivity contribution in [1.82, 2.24) is 20.6 Å². The zero-order valence-electron chi connectivity index (χ0n) is 15.5. The van der Waals surface area contributed by atoms with Gasteiger partial charge in [-0.25, -0.2) is 15.0 Å². The van der Waals surface area contributed by atoms with Crippen LogP contribution in [0.5, 0.6) is 0 Å². The van der Waals surface area contributed by atoms with Gasteiger partial charge >= 0.3 is 0 Å². The summed E-state index contributed by atoms with van der Waals surface area (Å²) in [7, 11) is 3.99. The molecule has 0 unspecified atom stereocenters. The summed E-state index contributed by atoms with van der Waals surface area (Å²) in [4.78, 5) is 16.8. The zero-order chi connectivity index (χ0) is 17.5. The summed E-state index contributed by atoms with van der Waals surface area (Å²) >= 11 is 1.72. The first kappa shape index (κ1) is 21.6. The molecule has 0 atom stereocenters. The van der Waals surface area contributed by atoms with Crippen LogP contribution >= 0.6 is 35.3 Å². The van der Waals surface area contributed by atoms with E-state index < -0.39 is 0 Å². The highest BCUT2D eigenvalue weighted by molar-refractivity contribution is 14.0. The monoisotopic (exact) mass is 474 g/mol. The number of nitrogens with zero attached hydrogens (tertiary/aromatic N) is 4. The molecule has 0 bridgehead atoms. The van der Waals surface area contributed by atoms with E-state index in [1.54, 1.807) is 17.5 Å². The van der Waals surface area contributed by atoms with Crippen molar-refractivity contribution in [2.45, 2.75) is 33.9 Å². The van der Waals surface area contributed by atoms with Crippen molar-refractivity contribution in [2.24, 2.45) is 4.99 Å². The van der Waals surface area contributed by atoms with Gasteiger partial charge in [0.25, 0.3) is 0 Å². The van der Waals surface area contributed by atoms with Crippen molar-refractivity contribution in [3.8, 4) is 0 Å². The molecule has 25 heavy (non-hydrogen) atoms. The van der Waals surface area contributed by atoms with E-state index in [1.807, 2.05) is 38.9 Å². The van der Waals surface area contributed by atoms with E-state index in [0.717, 1.165) is 41.1 Å². The van der Waals surface area contributed by atoms with Crippen LogP contribution in [0.15, 0.2) is 23.3 Å². The Morgan fingerprint density at radius 3 is 2.64 bits per heavy atom. The number of halogens is 1. The summed E-state index contributed by atoms with van der Waals surface area (Å²) < 4.78 is 0. The van der Waals surface area contributed by atoms with Crippen molar-refractivity contribution in [2.75, 3.05) is 25.5 Å². The number of aromatic nitrogens is 2. The quantitative estimate of drug-likeness (QED) is 0.383. The number of hydrogen-bond donors (Lipinski definition) is 2. The predicted octanol–water partition coefficient (Wildman–Crippen LogP) is 3.09. The van der Waals surface area contributed by atoms with Crippen molar-refractivity contribution in [3.63, 3.8) is 0 Å². The summed E-state index contributed by atoms with van der Waals surface area (Å²) in [6, 6.07) is 4.01. The molecule has 0 aliphatic heterocycles. The number of nitrogens with one attached hydrogen (secondary N) is 2. The van der Waals surface area contributed by atoms with Gasteiger partial charge in [-0.1, -0.05) is 6.07 Å². The predicted molar refractivity (Wildman–Crippen MR) is 117 cm³/mol. The second-order valence-corrected chi connectivity index (χ2v) is 6.96. The molecule has 0 spiro atoms. The molecule has 2 N–H and O–H groups in total. The highest BCUT2D eigenvalue weighted by Crippen LogP contribution is 2.17. The fourth-order valence-corrected chi connectivity index (χ4v) is 3.24. The minimum atomic E-state index is 0. The van der Waals surface area contributed by atoms with Gasteiger partial charge in [0.05, 0.1) is 23.8 Å². The third-order valence-electron chi connectivity index (χ3n) is 3.46. The van der Waals surface area contributed by atoms with Gasteiger partial charge in [-0.05, 0) is 26.8 Å². The SMILES string of the molecule is CCNC(=NCc1cccnc1N(C)C)NCc1sc(C)nc1C.I. The third kappa shape index (κ3) is 6.43. The molecule has 0 aliphatic carbocycles. The number of aryl methyl sites for hydroxylation is 2. The molecule has 2 aromatic heterocycles. The van der Waals surface area contributed by atoms with Crippen molar-refractivity contribution < 1.29 is 0 Å². The number of rotatable bonds is 6. The lowest BCUT2D eigenvalue weighted by atomic mass is 10.2. The molecule has 0 aliphatic rings. The van der Waals surface area contributed by atoms with Crippen LogP contribution in [0, 0.1) is 13.8 Å². The topological polar surface area (TPSA) is 65.4 Å². The van der Waals surface area contributed by atoms with Crippen molar-refractivity contribution >= 4 is 47.1 Å². The molecule has 0 saturated heterocycles. The second-order valence-electron chi connectivity index (χ2n) is 5.67. The lowest BCUT2D eigenvalue weighted by molar-refractivity contribution is 0.817. The van der Waals surface area contributed by atoms with E-state index in [0.29, 0.717) is 6.54 Å². The Kier molecular flexibility index (Phi) is 9.12. The van der Waals surface area contributed by atoms with Crippen LogP contribution in [-0.4, -0.2) is 36.6 Å². The Morgan fingerprint density at radius 1 is 1.28 bits per heavy atom. The maximum Gasteiger partial charge on any atom is 0.191 e. The minimum absolute atomic E-state index is 0. The molecular weight excluding hydrogens is 447 g/mol. The Morgan fingerprint density at radius 2 is 2.04 bits per heavy atom. The first-order valence-electron chi connectivity index (χ1n) is 8.07. The van der Waals surface area contributed by atoms with Gasteiger partial charge in [0.1, 0.15) is 5.82 Å². The van der Waals surface area contributed by atoms with Gasteiger partial charge in [-0.2, -0.15) is 0 Å². The average molecular weight is 474 g/mol. The van der Waals surface area contributed by atoms with Gasteiger partial charge in [-0.3, -0.25) is 0 Å².